The Hall–Kier alpha value is -1.82. The van der Waals surface area contributed by atoms with Gasteiger partial charge in [0.2, 0.25) is 5.91 Å². The summed E-state index contributed by atoms with van der Waals surface area (Å²) in [5.41, 5.74) is 1.47. The van der Waals surface area contributed by atoms with Gasteiger partial charge in [0.25, 0.3) is 5.91 Å². The molecule has 0 bridgehead atoms. The van der Waals surface area contributed by atoms with E-state index in [0.717, 1.165) is 21.8 Å². The summed E-state index contributed by atoms with van der Waals surface area (Å²) in [5, 5.41) is 6.50. The van der Waals surface area contributed by atoms with Crippen LogP contribution in [-0.2, 0) is 4.79 Å². The lowest BCUT2D eigenvalue weighted by molar-refractivity contribution is -0.121. The van der Waals surface area contributed by atoms with Crippen LogP contribution < -0.4 is 10.6 Å². The van der Waals surface area contributed by atoms with Crippen LogP contribution in [0.15, 0.2) is 27.1 Å². The third-order valence-corrected chi connectivity index (χ3v) is 4.26. The Balaban J connectivity index is 1.96. The molecule has 1 atom stereocenters. The molecule has 0 spiro atoms. The SMILES string of the molecule is CCC(C)NC(=O)CCNC(=O)c1oc2ccc(Br)cc2c1C. The molecule has 0 aliphatic carbocycles. The normalized spacial score (nSPS) is 12.2. The molecule has 1 heterocycles. The van der Waals surface area contributed by atoms with Gasteiger partial charge < -0.3 is 15.1 Å². The van der Waals surface area contributed by atoms with Gasteiger partial charge in [-0.15, -0.1) is 0 Å². The van der Waals surface area contributed by atoms with E-state index in [-0.39, 0.29) is 30.8 Å². The number of halogens is 1. The van der Waals surface area contributed by atoms with E-state index in [1.165, 1.54) is 0 Å². The maximum atomic E-state index is 12.2. The van der Waals surface area contributed by atoms with E-state index in [2.05, 4.69) is 26.6 Å². The van der Waals surface area contributed by atoms with Crippen molar-refractivity contribution in [2.75, 3.05) is 6.54 Å². The topological polar surface area (TPSA) is 71.3 Å². The molecule has 2 aromatic rings. The molecule has 2 amide bonds. The average Bonchev–Trinajstić information content (AvgIpc) is 2.84. The van der Waals surface area contributed by atoms with Gasteiger partial charge >= 0.3 is 0 Å². The molecule has 2 rings (SSSR count). The number of nitrogens with one attached hydrogen (secondary N) is 2. The maximum absolute atomic E-state index is 12.2. The van der Waals surface area contributed by atoms with Gasteiger partial charge in [0.1, 0.15) is 5.58 Å². The lowest BCUT2D eigenvalue weighted by atomic mass is 10.1. The van der Waals surface area contributed by atoms with E-state index >= 15 is 0 Å². The summed E-state index contributed by atoms with van der Waals surface area (Å²) in [6, 6.07) is 5.76. The summed E-state index contributed by atoms with van der Waals surface area (Å²) in [7, 11) is 0. The minimum atomic E-state index is -0.300. The summed E-state index contributed by atoms with van der Waals surface area (Å²) in [6.07, 6.45) is 1.13. The number of carbonyl (C=O) groups excluding carboxylic acids is 2. The van der Waals surface area contributed by atoms with E-state index < -0.39 is 0 Å². The number of fused-ring (bicyclic) bond motifs is 1. The molecule has 0 saturated carbocycles. The van der Waals surface area contributed by atoms with E-state index in [9.17, 15) is 9.59 Å². The quantitative estimate of drug-likeness (QED) is 0.804. The predicted molar refractivity (Wildman–Crippen MR) is 93.5 cm³/mol. The van der Waals surface area contributed by atoms with Crippen LogP contribution in [0, 0.1) is 6.92 Å². The molecule has 0 radical (unpaired) electrons. The van der Waals surface area contributed by atoms with E-state index in [1.54, 1.807) is 0 Å². The summed E-state index contributed by atoms with van der Waals surface area (Å²) >= 11 is 3.41. The monoisotopic (exact) mass is 380 g/mol. The lowest BCUT2D eigenvalue weighted by Gasteiger charge is -2.11. The number of amides is 2. The summed E-state index contributed by atoms with van der Waals surface area (Å²) < 4.78 is 6.55. The highest BCUT2D eigenvalue weighted by atomic mass is 79.9. The molecule has 1 aromatic carbocycles. The minimum absolute atomic E-state index is 0.0649. The summed E-state index contributed by atoms with van der Waals surface area (Å²) in [4.78, 5) is 23.9. The van der Waals surface area contributed by atoms with Gasteiger partial charge in [-0.25, -0.2) is 0 Å². The third-order valence-electron chi connectivity index (χ3n) is 3.76. The molecule has 1 aromatic heterocycles. The first-order valence-electron chi connectivity index (χ1n) is 7.68. The molecule has 0 aliphatic rings. The minimum Gasteiger partial charge on any atom is -0.451 e. The number of benzene rings is 1. The first-order chi connectivity index (χ1) is 10.9. The van der Waals surface area contributed by atoms with Crippen molar-refractivity contribution in [3.05, 3.63) is 34.0 Å². The molecule has 1 unspecified atom stereocenters. The third kappa shape index (κ3) is 4.34. The van der Waals surface area contributed by atoms with Crippen molar-refractivity contribution in [2.24, 2.45) is 0 Å². The maximum Gasteiger partial charge on any atom is 0.287 e. The molecule has 0 saturated heterocycles. The zero-order chi connectivity index (χ0) is 17.0. The fraction of sp³-hybridized carbons (Fsp3) is 0.412. The standard InChI is InChI=1S/C17H21BrN2O3/c1-4-10(2)20-15(21)7-8-19-17(22)16-11(3)13-9-12(18)5-6-14(13)23-16/h5-6,9-10H,4,7-8H2,1-3H3,(H,19,22)(H,20,21). The Bertz CT molecular complexity index is 724. The fourth-order valence-electron chi connectivity index (χ4n) is 2.23. The van der Waals surface area contributed by atoms with Crippen LogP contribution in [0.5, 0.6) is 0 Å². The van der Waals surface area contributed by atoms with E-state index in [0.29, 0.717) is 11.3 Å². The first kappa shape index (κ1) is 17.5. The van der Waals surface area contributed by atoms with Crippen molar-refractivity contribution in [3.8, 4) is 0 Å². The smallest absolute Gasteiger partial charge is 0.287 e. The van der Waals surface area contributed by atoms with Crippen LogP contribution in [0.3, 0.4) is 0 Å². The molecule has 124 valence electrons. The second kappa shape index (κ2) is 7.64. The van der Waals surface area contributed by atoms with Crippen molar-refractivity contribution in [1.82, 2.24) is 10.6 Å². The zero-order valence-electron chi connectivity index (χ0n) is 13.5. The Morgan fingerprint density at radius 1 is 1.35 bits per heavy atom. The van der Waals surface area contributed by atoms with Crippen molar-refractivity contribution >= 4 is 38.7 Å². The molecular formula is C17H21BrN2O3. The molecule has 23 heavy (non-hydrogen) atoms. The number of hydrogen-bond acceptors (Lipinski definition) is 3. The zero-order valence-corrected chi connectivity index (χ0v) is 15.1. The summed E-state index contributed by atoms with van der Waals surface area (Å²) in [5.74, 6) is -0.0727. The van der Waals surface area contributed by atoms with Gasteiger partial charge in [0.15, 0.2) is 5.76 Å². The van der Waals surface area contributed by atoms with Gasteiger partial charge in [-0.1, -0.05) is 22.9 Å². The van der Waals surface area contributed by atoms with E-state index in [4.69, 9.17) is 4.42 Å². The van der Waals surface area contributed by atoms with Crippen LogP contribution >= 0.6 is 15.9 Å². The van der Waals surface area contributed by atoms with Crippen molar-refractivity contribution < 1.29 is 14.0 Å². The van der Waals surface area contributed by atoms with Gasteiger partial charge in [0.05, 0.1) is 0 Å². The predicted octanol–water partition coefficient (Wildman–Crippen LogP) is 3.54. The lowest BCUT2D eigenvalue weighted by Crippen LogP contribution is -2.35. The van der Waals surface area contributed by atoms with Gasteiger partial charge in [-0.3, -0.25) is 9.59 Å². The van der Waals surface area contributed by atoms with Gasteiger partial charge in [-0.05, 0) is 38.5 Å². The highest BCUT2D eigenvalue weighted by Gasteiger charge is 2.17. The van der Waals surface area contributed by atoms with Crippen LogP contribution in [0.1, 0.15) is 42.8 Å². The Kier molecular flexibility index (Phi) is 5.82. The number of hydrogen-bond donors (Lipinski definition) is 2. The van der Waals surface area contributed by atoms with Crippen LogP contribution in [0.2, 0.25) is 0 Å². The number of aryl methyl sites for hydroxylation is 1. The fourth-order valence-corrected chi connectivity index (χ4v) is 2.59. The molecular weight excluding hydrogens is 360 g/mol. The number of furan rings is 1. The second-order valence-corrected chi connectivity index (χ2v) is 6.50. The highest BCUT2D eigenvalue weighted by molar-refractivity contribution is 9.10. The Morgan fingerprint density at radius 2 is 2.09 bits per heavy atom. The summed E-state index contributed by atoms with van der Waals surface area (Å²) in [6.45, 7) is 6.09. The van der Waals surface area contributed by atoms with Gasteiger partial charge in [-0.2, -0.15) is 0 Å². The van der Waals surface area contributed by atoms with E-state index in [1.807, 2.05) is 39.0 Å². The first-order valence-corrected chi connectivity index (χ1v) is 8.47. The molecule has 2 N–H and O–H groups in total. The average molecular weight is 381 g/mol. The van der Waals surface area contributed by atoms with Gasteiger partial charge in [0, 0.05) is 34.4 Å². The largest absolute Gasteiger partial charge is 0.451 e. The number of carbonyl (C=O) groups is 2. The van der Waals surface area contributed by atoms with Crippen LogP contribution in [-0.4, -0.2) is 24.4 Å². The number of rotatable bonds is 6. The second-order valence-electron chi connectivity index (χ2n) is 5.58. The molecule has 5 nitrogen and oxygen atoms in total. The highest BCUT2D eigenvalue weighted by Crippen LogP contribution is 2.27. The molecule has 0 fully saturated rings. The van der Waals surface area contributed by atoms with Crippen molar-refractivity contribution in [1.29, 1.82) is 0 Å². The van der Waals surface area contributed by atoms with Crippen molar-refractivity contribution in [2.45, 2.75) is 39.7 Å². The van der Waals surface area contributed by atoms with Crippen LogP contribution in [0.4, 0.5) is 0 Å². The van der Waals surface area contributed by atoms with Crippen molar-refractivity contribution in [3.63, 3.8) is 0 Å². The Labute approximate surface area is 143 Å². The Morgan fingerprint density at radius 3 is 2.78 bits per heavy atom. The molecule has 0 aliphatic heterocycles. The molecule has 6 heteroatoms. The van der Waals surface area contributed by atoms with Crippen LogP contribution in [0.25, 0.3) is 11.0 Å².